The van der Waals surface area contributed by atoms with Gasteiger partial charge in [0.15, 0.2) is 0 Å². The molecule has 140 valence electrons. The molecule has 1 aromatic rings. The van der Waals surface area contributed by atoms with Gasteiger partial charge in [-0.15, -0.1) is 0 Å². The quantitative estimate of drug-likeness (QED) is 0.858. The lowest BCUT2D eigenvalue weighted by Gasteiger charge is -2.38. The molecule has 2 aliphatic rings. The first-order valence-electron chi connectivity index (χ1n) is 9.97. The van der Waals surface area contributed by atoms with Crippen LogP contribution in [0.15, 0.2) is 6.07 Å². The Labute approximate surface area is 152 Å². The van der Waals surface area contributed by atoms with Crippen molar-refractivity contribution < 1.29 is 5.11 Å². The van der Waals surface area contributed by atoms with Crippen molar-refractivity contribution in [2.24, 2.45) is 5.92 Å². The molecule has 1 aliphatic heterocycles. The maximum Gasteiger partial charge on any atom is 0.132 e. The SMILES string of the molecule is Cc1cc(N2CCC(N(C)C[C@@H](O)CC3CCCC3)CC2)nc(C)n1. The topological polar surface area (TPSA) is 52.5 Å². The molecule has 0 unspecified atom stereocenters. The van der Waals surface area contributed by atoms with Crippen molar-refractivity contribution in [3.8, 4) is 0 Å². The summed E-state index contributed by atoms with van der Waals surface area (Å²) in [5.74, 6) is 2.67. The smallest absolute Gasteiger partial charge is 0.132 e. The molecule has 1 aliphatic carbocycles. The predicted molar refractivity (Wildman–Crippen MR) is 102 cm³/mol. The van der Waals surface area contributed by atoms with E-state index in [1.807, 2.05) is 13.8 Å². The minimum atomic E-state index is -0.168. The van der Waals surface area contributed by atoms with Crippen molar-refractivity contribution >= 4 is 5.82 Å². The maximum absolute atomic E-state index is 10.4. The van der Waals surface area contributed by atoms with Gasteiger partial charge in [0.2, 0.25) is 0 Å². The number of nitrogens with zero attached hydrogens (tertiary/aromatic N) is 4. The Kier molecular flexibility index (Phi) is 6.29. The lowest BCUT2D eigenvalue weighted by atomic mass is 9.98. The van der Waals surface area contributed by atoms with Crippen LogP contribution in [0.1, 0.15) is 56.5 Å². The summed E-state index contributed by atoms with van der Waals surface area (Å²) in [4.78, 5) is 13.7. The van der Waals surface area contributed by atoms with Crippen LogP contribution in [-0.4, -0.2) is 58.8 Å². The first kappa shape index (κ1) is 18.6. The molecule has 1 aromatic heterocycles. The Morgan fingerprint density at radius 3 is 2.48 bits per heavy atom. The predicted octanol–water partition coefficient (Wildman–Crippen LogP) is 2.94. The van der Waals surface area contributed by atoms with Crippen LogP contribution in [0.2, 0.25) is 0 Å². The Bertz CT molecular complexity index is 530. The zero-order valence-electron chi connectivity index (χ0n) is 16.1. The van der Waals surface area contributed by atoms with Gasteiger partial charge in [-0.25, -0.2) is 9.97 Å². The van der Waals surface area contributed by atoms with E-state index in [1.54, 1.807) is 0 Å². The highest BCUT2D eigenvalue weighted by Gasteiger charge is 2.26. The summed E-state index contributed by atoms with van der Waals surface area (Å²) in [6, 6.07) is 2.65. The molecule has 25 heavy (non-hydrogen) atoms. The fraction of sp³-hybridized carbons (Fsp3) is 0.800. The minimum Gasteiger partial charge on any atom is -0.392 e. The second-order valence-electron chi connectivity index (χ2n) is 8.11. The van der Waals surface area contributed by atoms with E-state index in [2.05, 4.69) is 32.9 Å². The van der Waals surface area contributed by atoms with Gasteiger partial charge >= 0.3 is 0 Å². The molecular weight excluding hydrogens is 312 g/mol. The van der Waals surface area contributed by atoms with E-state index < -0.39 is 0 Å². The Hall–Kier alpha value is -1.20. The molecule has 1 N–H and O–H groups in total. The number of anilines is 1. The molecule has 3 rings (SSSR count). The van der Waals surface area contributed by atoms with Crippen molar-refractivity contribution in [1.29, 1.82) is 0 Å². The normalized spacial score (nSPS) is 21.2. The zero-order chi connectivity index (χ0) is 17.8. The van der Waals surface area contributed by atoms with Crippen LogP contribution in [0.4, 0.5) is 5.82 Å². The van der Waals surface area contributed by atoms with Crippen molar-refractivity contribution in [3.63, 3.8) is 0 Å². The van der Waals surface area contributed by atoms with Crippen LogP contribution in [0.3, 0.4) is 0 Å². The van der Waals surface area contributed by atoms with E-state index in [9.17, 15) is 5.11 Å². The largest absolute Gasteiger partial charge is 0.392 e. The molecule has 5 heteroatoms. The van der Waals surface area contributed by atoms with E-state index in [-0.39, 0.29) is 6.10 Å². The highest BCUT2D eigenvalue weighted by Crippen LogP contribution is 2.29. The molecule has 2 heterocycles. The van der Waals surface area contributed by atoms with Crippen molar-refractivity contribution in [2.75, 3.05) is 31.6 Å². The number of rotatable bonds is 6. The van der Waals surface area contributed by atoms with Crippen LogP contribution >= 0.6 is 0 Å². The summed E-state index contributed by atoms with van der Waals surface area (Å²) >= 11 is 0. The van der Waals surface area contributed by atoms with Crippen molar-refractivity contribution in [2.45, 2.75) is 70.9 Å². The van der Waals surface area contributed by atoms with Gasteiger partial charge in [-0.05, 0) is 46.1 Å². The average molecular weight is 347 g/mol. The summed E-state index contributed by atoms with van der Waals surface area (Å²) in [6.07, 6.45) is 8.43. The van der Waals surface area contributed by atoms with Gasteiger partial charge in [0, 0.05) is 37.4 Å². The number of aliphatic hydroxyl groups is 1. The first-order valence-corrected chi connectivity index (χ1v) is 9.97. The first-order chi connectivity index (χ1) is 12.0. The van der Waals surface area contributed by atoms with E-state index >= 15 is 0 Å². The van der Waals surface area contributed by atoms with Gasteiger partial charge in [0.25, 0.3) is 0 Å². The number of piperidine rings is 1. The molecule has 2 fully saturated rings. The molecule has 0 aromatic carbocycles. The number of aryl methyl sites for hydroxylation is 2. The van der Waals surface area contributed by atoms with Gasteiger partial charge in [0.1, 0.15) is 11.6 Å². The standard InChI is InChI=1S/C20H34N4O/c1-15-12-20(22-16(2)21-15)24-10-8-18(9-11-24)23(3)14-19(25)13-17-6-4-5-7-17/h12,17-19,25H,4-11,13-14H2,1-3H3/t19-/m0/s1. The van der Waals surface area contributed by atoms with Gasteiger partial charge in [-0.1, -0.05) is 25.7 Å². The number of aliphatic hydroxyl groups excluding tert-OH is 1. The van der Waals surface area contributed by atoms with Crippen molar-refractivity contribution in [1.82, 2.24) is 14.9 Å². The Morgan fingerprint density at radius 2 is 1.84 bits per heavy atom. The summed E-state index contributed by atoms with van der Waals surface area (Å²) < 4.78 is 0. The molecule has 0 radical (unpaired) electrons. The van der Waals surface area contributed by atoms with Gasteiger partial charge in [0.05, 0.1) is 6.10 Å². The monoisotopic (exact) mass is 346 g/mol. The fourth-order valence-electron chi connectivity index (χ4n) is 4.58. The average Bonchev–Trinajstić information content (AvgIpc) is 3.07. The van der Waals surface area contributed by atoms with Gasteiger partial charge in [-0.2, -0.15) is 0 Å². The summed E-state index contributed by atoms with van der Waals surface area (Å²) in [7, 11) is 2.18. The molecule has 1 saturated heterocycles. The second-order valence-corrected chi connectivity index (χ2v) is 8.11. The van der Waals surface area contributed by atoms with Gasteiger partial charge < -0.3 is 14.9 Å². The third-order valence-electron chi connectivity index (χ3n) is 5.94. The van der Waals surface area contributed by atoms with E-state index in [1.165, 1.54) is 25.7 Å². The summed E-state index contributed by atoms with van der Waals surface area (Å²) in [5.41, 5.74) is 1.04. The van der Waals surface area contributed by atoms with Crippen LogP contribution in [-0.2, 0) is 0 Å². The highest BCUT2D eigenvalue weighted by molar-refractivity contribution is 5.40. The molecule has 0 amide bonds. The van der Waals surface area contributed by atoms with Crippen LogP contribution in [0, 0.1) is 19.8 Å². The number of likely N-dealkylation sites (N-methyl/N-ethyl adjacent to an activating group) is 1. The molecular formula is C20H34N4O. The second kappa shape index (κ2) is 8.45. The summed E-state index contributed by atoms with van der Waals surface area (Å²) in [6.45, 7) is 6.87. The Balaban J connectivity index is 1.46. The van der Waals surface area contributed by atoms with Crippen LogP contribution < -0.4 is 4.90 Å². The maximum atomic E-state index is 10.4. The van der Waals surface area contributed by atoms with Gasteiger partial charge in [-0.3, -0.25) is 0 Å². The minimum absolute atomic E-state index is 0.168. The lowest BCUT2D eigenvalue weighted by molar-refractivity contribution is 0.0781. The third-order valence-corrected chi connectivity index (χ3v) is 5.94. The van der Waals surface area contributed by atoms with E-state index in [0.717, 1.165) is 62.2 Å². The van der Waals surface area contributed by atoms with Crippen molar-refractivity contribution in [3.05, 3.63) is 17.6 Å². The molecule has 0 spiro atoms. The number of hydrogen-bond acceptors (Lipinski definition) is 5. The summed E-state index contributed by atoms with van der Waals surface area (Å²) in [5, 5.41) is 10.4. The third kappa shape index (κ3) is 5.14. The van der Waals surface area contributed by atoms with Crippen LogP contribution in [0.25, 0.3) is 0 Å². The fourth-order valence-corrected chi connectivity index (χ4v) is 4.58. The lowest BCUT2D eigenvalue weighted by Crippen LogP contribution is -2.46. The highest BCUT2D eigenvalue weighted by atomic mass is 16.3. The van der Waals surface area contributed by atoms with Crippen LogP contribution in [0.5, 0.6) is 0 Å². The van der Waals surface area contributed by atoms with E-state index in [0.29, 0.717) is 6.04 Å². The number of hydrogen-bond donors (Lipinski definition) is 1. The molecule has 1 saturated carbocycles. The zero-order valence-corrected chi connectivity index (χ0v) is 16.1. The molecule has 0 bridgehead atoms. The number of aromatic nitrogens is 2. The van der Waals surface area contributed by atoms with E-state index in [4.69, 9.17) is 0 Å². The molecule has 1 atom stereocenters. The Morgan fingerprint density at radius 1 is 1.16 bits per heavy atom. The molecule has 5 nitrogen and oxygen atoms in total.